The maximum atomic E-state index is 12.5. The number of carboxylic acids is 1. The van der Waals surface area contributed by atoms with Gasteiger partial charge in [-0.05, 0) is 26.3 Å². The molecule has 1 saturated heterocycles. The molecule has 19 heavy (non-hydrogen) atoms. The first-order valence-corrected chi connectivity index (χ1v) is 7.26. The van der Waals surface area contributed by atoms with Gasteiger partial charge in [0.15, 0.2) is 0 Å². The second-order valence-electron chi connectivity index (χ2n) is 5.81. The summed E-state index contributed by atoms with van der Waals surface area (Å²) in [5.74, 6) is -1.50. The van der Waals surface area contributed by atoms with Crippen LogP contribution in [0.15, 0.2) is 0 Å². The van der Waals surface area contributed by atoms with Gasteiger partial charge < -0.3 is 10.0 Å². The smallest absolute Gasteiger partial charge is 0.307 e. The van der Waals surface area contributed by atoms with E-state index in [-0.39, 0.29) is 11.8 Å². The number of carboxylic acid groups (broad SMARTS) is 1. The Bertz CT molecular complexity index is 359. The van der Waals surface area contributed by atoms with Crippen molar-refractivity contribution in [3.05, 3.63) is 0 Å². The van der Waals surface area contributed by atoms with Crippen LogP contribution in [0.25, 0.3) is 0 Å². The fourth-order valence-electron chi connectivity index (χ4n) is 3.37. The highest BCUT2D eigenvalue weighted by atomic mass is 16.4. The third-order valence-electron chi connectivity index (χ3n) is 4.71. The molecule has 2 rings (SSSR count). The Morgan fingerprint density at radius 1 is 1.21 bits per heavy atom. The molecule has 1 N–H and O–H groups in total. The lowest BCUT2D eigenvalue weighted by Gasteiger charge is -2.40. The number of carbonyl (C=O) groups is 2. The van der Waals surface area contributed by atoms with Crippen molar-refractivity contribution in [1.29, 1.82) is 0 Å². The summed E-state index contributed by atoms with van der Waals surface area (Å²) < 4.78 is 0. The van der Waals surface area contributed by atoms with Crippen LogP contribution in [0.1, 0.15) is 32.6 Å². The Balaban J connectivity index is 2.01. The highest BCUT2D eigenvalue weighted by molar-refractivity contribution is 5.85. The Morgan fingerprint density at radius 3 is 2.53 bits per heavy atom. The third-order valence-corrected chi connectivity index (χ3v) is 4.71. The molecule has 1 amide bonds. The second-order valence-corrected chi connectivity index (χ2v) is 5.81. The van der Waals surface area contributed by atoms with Crippen LogP contribution in [-0.2, 0) is 9.59 Å². The van der Waals surface area contributed by atoms with Crippen LogP contribution < -0.4 is 0 Å². The molecular formula is C14H24N2O3. The number of aliphatic carboxylic acids is 1. The van der Waals surface area contributed by atoms with Gasteiger partial charge in [-0.15, -0.1) is 0 Å². The van der Waals surface area contributed by atoms with E-state index in [0.717, 1.165) is 38.9 Å². The molecule has 1 saturated carbocycles. The van der Waals surface area contributed by atoms with Gasteiger partial charge in [-0.2, -0.15) is 0 Å². The number of amides is 1. The van der Waals surface area contributed by atoms with E-state index in [4.69, 9.17) is 0 Å². The van der Waals surface area contributed by atoms with Gasteiger partial charge >= 0.3 is 5.97 Å². The van der Waals surface area contributed by atoms with E-state index in [1.54, 1.807) is 0 Å². The minimum Gasteiger partial charge on any atom is -0.481 e. The van der Waals surface area contributed by atoms with Gasteiger partial charge in [0.2, 0.25) is 5.91 Å². The molecule has 0 aromatic rings. The zero-order valence-corrected chi connectivity index (χ0v) is 11.8. The van der Waals surface area contributed by atoms with E-state index < -0.39 is 11.9 Å². The van der Waals surface area contributed by atoms with Crippen molar-refractivity contribution >= 4 is 11.9 Å². The molecule has 5 heteroatoms. The van der Waals surface area contributed by atoms with Gasteiger partial charge in [-0.3, -0.25) is 14.5 Å². The summed E-state index contributed by atoms with van der Waals surface area (Å²) in [7, 11) is 2.09. The van der Waals surface area contributed by atoms with Crippen LogP contribution in [0.4, 0.5) is 0 Å². The molecule has 1 aliphatic carbocycles. The molecular weight excluding hydrogens is 244 g/mol. The Hall–Kier alpha value is -1.10. The molecule has 1 aliphatic heterocycles. The van der Waals surface area contributed by atoms with Gasteiger partial charge in [0, 0.05) is 25.7 Å². The fraction of sp³-hybridized carbons (Fsp3) is 0.857. The van der Waals surface area contributed by atoms with Crippen LogP contribution in [0.5, 0.6) is 0 Å². The number of carbonyl (C=O) groups excluding carboxylic acids is 1. The summed E-state index contributed by atoms with van der Waals surface area (Å²) in [4.78, 5) is 27.9. The predicted molar refractivity (Wildman–Crippen MR) is 71.8 cm³/mol. The Labute approximate surface area is 114 Å². The lowest BCUT2D eigenvalue weighted by molar-refractivity contribution is -0.150. The van der Waals surface area contributed by atoms with E-state index in [9.17, 15) is 14.7 Å². The zero-order valence-electron chi connectivity index (χ0n) is 11.8. The van der Waals surface area contributed by atoms with Gasteiger partial charge in [-0.1, -0.05) is 13.3 Å². The summed E-state index contributed by atoms with van der Waals surface area (Å²) in [5.41, 5.74) is 0. The van der Waals surface area contributed by atoms with E-state index in [0.29, 0.717) is 12.5 Å². The van der Waals surface area contributed by atoms with E-state index in [1.165, 1.54) is 0 Å². The monoisotopic (exact) mass is 268 g/mol. The van der Waals surface area contributed by atoms with Gasteiger partial charge in [-0.25, -0.2) is 0 Å². The van der Waals surface area contributed by atoms with E-state index in [2.05, 4.69) is 18.9 Å². The summed E-state index contributed by atoms with van der Waals surface area (Å²) in [6, 6.07) is 0.405. The SMILES string of the molecule is CCC1CN(C(=O)[C@@H]2CCC[C@@H]2C(=O)O)CCN1C. The molecule has 5 nitrogen and oxygen atoms in total. The van der Waals surface area contributed by atoms with Crippen LogP contribution >= 0.6 is 0 Å². The van der Waals surface area contributed by atoms with Crippen molar-refractivity contribution in [1.82, 2.24) is 9.80 Å². The van der Waals surface area contributed by atoms with Crippen molar-refractivity contribution in [2.45, 2.75) is 38.6 Å². The van der Waals surface area contributed by atoms with E-state index in [1.807, 2.05) is 4.90 Å². The molecule has 2 fully saturated rings. The lowest BCUT2D eigenvalue weighted by Crippen LogP contribution is -2.54. The van der Waals surface area contributed by atoms with Crippen molar-refractivity contribution in [2.24, 2.45) is 11.8 Å². The lowest BCUT2D eigenvalue weighted by atomic mass is 9.94. The molecule has 3 atom stereocenters. The standard InChI is InChI=1S/C14H24N2O3/c1-3-10-9-16(8-7-15(10)2)13(17)11-5-4-6-12(11)14(18)19/h10-12H,3-9H2,1-2H3,(H,18,19)/t10?,11-,12+/m1/s1. The molecule has 1 heterocycles. The number of piperazine rings is 1. The van der Waals surface area contributed by atoms with Crippen LogP contribution in [0, 0.1) is 11.8 Å². The molecule has 0 aromatic heterocycles. The Morgan fingerprint density at radius 2 is 1.89 bits per heavy atom. The van der Waals surface area contributed by atoms with Gasteiger partial charge in [0.25, 0.3) is 0 Å². The van der Waals surface area contributed by atoms with E-state index >= 15 is 0 Å². The summed E-state index contributed by atoms with van der Waals surface area (Å²) >= 11 is 0. The van der Waals surface area contributed by atoms with Crippen LogP contribution in [0.3, 0.4) is 0 Å². The van der Waals surface area contributed by atoms with Gasteiger partial charge in [0.1, 0.15) is 0 Å². The molecule has 1 unspecified atom stereocenters. The number of hydrogen-bond donors (Lipinski definition) is 1. The van der Waals surface area contributed by atoms with Crippen molar-refractivity contribution in [3.63, 3.8) is 0 Å². The summed E-state index contributed by atoms with van der Waals surface area (Å²) in [6.45, 7) is 4.49. The quantitative estimate of drug-likeness (QED) is 0.831. The largest absolute Gasteiger partial charge is 0.481 e. The fourth-order valence-corrected chi connectivity index (χ4v) is 3.37. The topological polar surface area (TPSA) is 60.9 Å². The van der Waals surface area contributed by atoms with Crippen molar-refractivity contribution in [2.75, 3.05) is 26.7 Å². The Kier molecular flexibility index (Phi) is 4.45. The number of hydrogen-bond acceptors (Lipinski definition) is 3. The molecule has 108 valence electrons. The maximum absolute atomic E-state index is 12.5. The molecule has 0 aromatic carbocycles. The maximum Gasteiger partial charge on any atom is 0.307 e. The molecule has 0 spiro atoms. The number of likely N-dealkylation sites (N-methyl/N-ethyl adjacent to an activating group) is 1. The van der Waals surface area contributed by atoms with Gasteiger partial charge in [0.05, 0.1) is 11.8 Å². The highest BCUT2D eigenvalue weighted by Gasteiger charge is 2.40. The number of nitrogens with zero attached hydrogens (tertiary/aromatic N) is 2. The van der Waals surface area contributed by atoms with Crippen molar-refractivity contribution in [3.8, 4) is 0 Å². The average Bonchev–Trinajstić information content (AvgIpc) is 2.87. The first kappa shape index (κ1) is 14.3. The zero-order chi connectivity index (χ0) is 14.0. The van der Waals surface area contributed by atoms with Crippen LogP contribution in [0.2, 0.25) is 0 Å². The van der Waals surface area contributed by atoms with Crippen molar-refractivity contribution < 1.29 is 14.7 Å². The average molecular weight is 268 g/mol. The second kappa shape index (κ2) is 5.90. The molecule has 2 aliphatic rings. The first-order chi connectivity index (χ1) is 9.04. The first-order valence-electron chi connectivity index (χ1n) is 7.26. The highest BCUT2D eigenvalue weighted by Crippen LogP contribution is 2.33. The third kappa shape index (κ3) is 2.91. The minimum atomic E-state index is -0.808. The minimum absolute atomic E-state index is 0.0662. The number of rotatable bonds is 3. The molecule has 0 bridgehead atoms. The normalized spacial score (nSPS) is 32.5. The predicted octanol–water partition coefficient (Wildman–Crippen LogP) is 1.04. The summed E-state index contributed by atoms with van der Waals surface area (Å²) in [5, 5.41) is 9.19. The van der Waals surface area contributed by atoms with Crippen LogP contribution in [-0.4, -0.2) is 59.5 Å². The summed E-state index contributed by atoms with van der Waals surface area (Å²) in [6.07, 6.45) is 3.27. The molecule has 0 radical (unpaired) electrons.